The Morgan fingerprint density at radius 2 is 1.00 bits per heavy atom. The van der Waals surface area contributed by atoms with Gasteiger partial charge in [-0.3, -0.25) is 4.79 Å². The number of aliphatic hydroxyl groups excluding tert-OH is 3. The molecule has 0 radical (unpaired) electrons. The molecule has 5 heteroatoms. The first-order valence-electron chi connectivity index (χ1n) is 18.6. The molecule has 0 aromatic rings. The van der Waals surface area contributed by atoms with E-state index in [1.165, 1.54) is 128 Å². The summed E-state index contributed by atoms with van der Waals surface area (Å²) in [6, 6.07) is -0.755. The molecule has 0 saturated carbocycles. The van der Waals surface area contributed by atoms with E-state index in [0.717, 1.165) is 32.1 Å². The van der Waals surface area contributed by atoms with Gasteiger partial charge in [0.2, 0.25) is 5.91 Å². The van der Waals surface area contributed by atoms with Crippen LogP contribution < -0.4 is 5.32 Å². The summed E-state index contributed by atoms with van der Waals surface area (Å²) in [6.45, 7) is 4.18. The van der Waals surface area contributed by atoms with Gasteiger partial charge in [0.05, 0.1) is 31.3 Å². The van der Waals surface area contributed by atoms with E-state index in [9.17, 15) is 20.1 Å². The second-order valence-corrected chi connectivity index (χ2v) is 12.8. The lowest BCUT2D eigenvalue weighted by Gasteiger charge is -2.21. The highest BCUT2D eigenvalue weighted by Crippen LogP contribution is 2.15. The first kappa shape index (κ1) is 41.8. The fourth-order valence-electron chi connectivity index (χ4n) is 5.59. The largest absolute Gasteiger partial charge is 0.394 e. The van der Waals surface area contributed by atoms with Gasteiger partial charge in [0, 0.05) is 0 Å². The van der Waals surface area contributed by atoms with E-state index < -0.39 is 18.2 Å². The van der Waals surface area contributed by atoms with Crippen molar-refractivity contribution in [2.24, 2.45) is 0 Å². The molecule has 254 valence electrons. The van der Waals surface area contributed by atoms with Crippen molar-refractivity contribution in [1.82, 2.24) is 5.32 Å². The van der Waals surface area contributed by atoms with Gasteiger partial charge < -0.3 is 20.6 Å². The van der Waals surface area contributed by atoms with Crippen molar-refractivity contribution >= 4 is 5.91 Å². The normalized spacial score (nSPS) is 14.1. The number of carbonyl (C=O) groups is 1. The Morgan fingerprint density at radius 1 is 0.581 bits per heavy atom. The lowest BCUT2D eigenvalue weighted by Crippen LogP contribution is -2.45. The van der Waals surface area contributed by atoms with Gasteiger partial charge in [-0.05, 0) is 32.1 Å². The van der Waals surface area contributed by atoms with E-state index >= 15 is 0 Å². The van der Waals surface area contributed by atoms with Crippen molar-refractivity contribution in [3.63, 3.8) is 0 Å². The Morgan fingerprint density at radius 3 is 1.49 bits per heavy atom. The van der Waals surface area contributed by atoms with Gasteiger partial charge in [-0.2, -0.15) is 0 Å². The average molecular weight is 608 g/mol. The van der Waals surface area contributed by atoms with E-state index in [1.54, 1.807) is 6.08 Å². The summed E-state index contributed by atoms with van der Waals surface area (Å²) in [6.07, 6.45) is 38.7. The third kappa shape index (κ3) is 30.6. The van der Waals surface area contributed by atoms with Crippen molar-refractivity contribution in [1.29, 1.82) is 0 Å². The standard InChI is InChI=1S/C38H73NO4/c1-3-5-7-9-11-13-15-17-19-21-23-25-27-29-31-35(41)33-38(43)39-36(34-40)37(42)32-30-28-26-24-22-20-18-16-14-12-10-8-6-4-2/h22,24,30,32,35-37,40-42H,3-21,23,25-29,31,33-34H2,1-2H3,(H,39,43)/b24-22+,32-30+. The third-order valence-electron chi connectivity index (χ3n) is 8.49. The van der Waals surface area contributed by atoms with Crippen LogP contribution in [0.4, 0.5) is 0 Å². The van der Waals surface area contributed by atoms with Crippen LogP contribution in [0.5, 0.6) is 0 Å². The van der Waals surface area contributed by atoms with Crippen molar-refractivity contribution in [3.8, 4) is 0 Å². The fraction of sp³-hybridized carbons (Fsp3) is 0.868. The van der Waals surface area contributed by atoms with Crippen molar-refractivity contribution in [2.75, 3.05) is 6.61 Å². The van der Waals surface area contributed by atoms with Crippen LogP contribution >= 0.6 is 0 Å². The zero-order chi connectivity index (χ0) is 31.6. The van der Waals surface area contributed by atoms with Gasteiger partial charge >= 0.3 is 0 Å². The van der Waals surface area contributed by atoms with E-state index in [4.69, 9.17) is 0 Å². The monoisotopic (exact) mass is 608 g/mol. The number of unbranched alkanes of at least 4 members (excludes halogenated alkanes) is 22. The van der Waals surface area contributed by atoms with Crippen molar-refractivity contribution in [3.05, 3.63) is 24.3 Å². The number of hydrogen-bond acceptors (Lipinski definition) is 4. The zero-order valence-electron chi connectivity index (χ0n) is 28.6. The number of aliphatic hydroxyl groups is 3. The molecule has 0 bridgehead atoms. The predicted molar refractivity (Wildman–Crippen MR) is 185 cm³/mol. The molecule has 43 heavy (non-hydrogen) atoms. The summed E-state index contributed by atoms with van der Waals surface area (Å²) in [5.74, 6) is -0.326. The summed E-state index contributed by atoms with van der Waals surface area (Å²) in [4.78, 5) is 12.3. The highest BCUT2D eigenvalue weighted by atomic mass is 16.3. The van der Waals surface area contributed by atoms with Gasteiger partial charge in [0.15, 0.2) is 0 Å². The second-order valence-electron chi connectivity index (χ2n) is 12.8. The molecule has 0 rings (SSSR count). The van der Waals surface area contributed by atoms with Gasteiger partial charge in [0.1, 0.15) is 0 Å². The fourth-order valence-corrected chi connectivity index (χ4v) is 5.59. The predicted octanol–water partition coefficient (Wildman–Crippen LogP) is 9.87. The number of amides is 1. The first-order chi connectivity index (χ1) is 21.0. The lowest BCUT2D eigenvalue weighted by molar-refractivity contribution is -0.124. The minimum atomic E-state index is -0.946. The molecule has 0 spiro atoms. The highest BCUT2D eigenvalue weighted by Gasteiger charge is 2.20. The first-order valence-corrected chi connectivity index (χ1v) is 18.6. The maximum Gasteiger partial charge on any atom is 0.222 e. The van der Waals surface area contributed by atoms with Crippen LogP contribution in [0.2, 0.25) is 0 Å². The van der Waals surface area contributed by atoms with Crippen LogP contribution in [0, 0.1) is 0 Å². The molecule has 0 aromatic heterocycles. The van der Waals surface area contributed by atoms with Crippen LogP contribution in [-0.2, 0) is 4.79 Å². The average Bonchev–Trinajstić information content (AvgIpc) is 3.00. The molecule has 0 fully saturated rings. The molecule has 3 unspecified atom stereocenters. The van der Waals surface area contributed by atoms with Gasteiger partial charge in [-0.25, -0.2) is 0 Å². The van der Waals surface area contributed by atoms with Crippen LogP contribution in [-0.4, -0.2) is 46.1 Å². The minimum absolute atomic E-state index is 0.00896. The Hall–Kier alpha value is -1.17. The summed E-state index contributed by atoms with van der Waals surface area (Å²) in [7, 11) is 0. The molecule has 0 heterocycles. The Bertz CT molecular complexity index is 635. The maximum atomic E-state index is 12.3. The second kappa shape index (κ2) is 33.7. The summed E-state index contributed by atoms with van der Waals surface area (Å²) in [5.41, 5.74) is 0. The minimum Gasteiger partial charge on any atom is -0.394 e. The van der Waals surface area contributed by atoms with E-state index in [-0.39, 0.29) is 18.9 Å². The zero-order valence-corrected chi connectivity index (χ0v) is 28.6. The molecule has 0 aliphatic heterocycles. The van der Waals surface area contributed by atoms with Crippen LogP contribution in [0.15, 0.2) is 24.3 Å². The third-order valence-corrected chi connectivity index (χ3v) is 8.49. The Kier molecular flexibility index (Phi) is 32.8. The van der Waals surface area contributed by atoms with Gasteiger partial charge in [-0.1, -0.05) is 173 Å². The van der Waals surface area contributed by atoms with E-state index in [0.29, 0.717) is 6.42 Å². The van der Waals surface area contributed by atoms with Crippen LogP contribution in [0.3, 0.4) is 0 Å². The van der Waals surface area contributed by atoms with Gasteiger partial charge in [0.25, 0.3) is 0 Å². The Labute approximate surface area is 267 Å². The van der Waals surface area contributed by atoms with Gasteiger partial charge in [-0.15, -0.1) is 0 Å². The van der Waals surface area contributed by atoms with Crippen LogP contribution in [0.1, 0.15) is 187 Å². The molecular weight excluding hydrogens is 534 g/mol. The van der Waals surface area contributed by atoms with Crippen molar-refractivity contribution in [2.45, 2.75) is 205 Å². The van der Waals surface area contributed by atoms with E-state index in [2.05, 4.69) is 31.3 Å². The molecule has 4 N–H and O–H groups in total. The molecule has 5 nitrogen and oxygen atoms in total. The van der Waals surface area contributed by atoms with Crippen LogP contribution in [0.25, 0.3) is 0 Å². The molecule has 0 saturated heterocycles. The smallest absolute Gasteiger partial charge is 0.222 e. The quantitative estimate of drug-likeness (QED) is 0.0441. The number of nitrogens with one attached hydrogen (secondary N) is 1. The number of hydrogen-bond donors (Lipinski definition) is 4. The molecule has 0 aromatic carbocycles. The van der Waals surface area contributed by atoms with E-state index in [1.807, 2.05) is 6.08 Å². The summed E-state index contributed by atoms with van der Waals surface area (Å²) >= 11 is 0. The molecule has 0 aliphatic carbocycles. The molecular formula is C38H73NO4. The number of carbonyl (C=O) groups excluding carboxylic acids is 1. The van der Waals surface area contributed by atoms with Crippen molar-refractivity contribution < 1.29 is 20.1 Å². The summed E-state index contributed by atoms with van der Waals surface area (Å²) in [5, 5.41) is 33.0. The SMILES string of the molecule is CCCCCCCCCC/C=C/CC/C=C/C(O)C(CO)NC(=O)CC(O)CCCCCCCCCCCCCCCC. The molecule has 3 atom stereocenters. The Balaban J connectivity index is 3.77. The lowest BCUT2D eigenvalue weighted by atomic mass is 10.0. The number of rotatable bonds is 33. The molecule has 0 aliphatic rings. The topological polar surface area (TPSA) is 89.8 Å². The molecule has 1 amide bonds. The highest BCUT2D eigenvalue weighted by molar-refractivity contribution is 5.76. The number of allylic oxidation sites excluding steroid dienone is 3. The maximum absolute atomic E-state index is 12.3. The summed E-state index contributed by atoms with van der Waals surface area (Å²) < 4.78 is 0.